The molecule has 0 amide bonds. The fourth-order valence-corrected chi connectivity index (χ4v) is 3.65. The zero-order chi connectivity index (χ0) is 15.1. The molecule has 0 radical (unpaired) electrons. The van der Waals surface area contributed by atoms with Gasteiger partial charge in [-0.15, -0.1) is 10.2 Å². The Balaban J connectivity index is 1.82. The van der Waals surface area contributed by atoms with Crippen LogP contribution in [0.5, 0.6) is 0 Å². The largest absolute Gasteiger partial charge is 0.306 e. The number of rotatable bonds is 7. The van der Waals surface area contributed by atoms with Crippen LogP contribution in [0.4, 0.5) is 0 Å². The molecule has 1 aromatic rings. The topological polar surface area (TPSA) is 66.5 Å². The standard InChI is InChI=1S/C15H25N5S/c1-3-17-15(2,12-16)9-7-11-21-14-19-18-13-8-5-4-6-10-20(13)14/h17H,3-11H2,1-2H3. The Morgan fingerprint density at radius 3 is 3.00 bits per heavy atom. The van der Waals surface area contributed by atoms with Gasteiger partial charge in [-0.2, -0.15) is 5.26 Å². The Morgan fingerprint density at radius 2 is 2.24 bits per heavy atom. The maximum atomic E-state index is 9.24. The monoisotopic (exact) mass is 307 g/mol. The molecule has 0 bridgehead atoms. The predicted molar refractivity (Wildman–Crippen MR) is 85.2 cm³/mol. The fourth-order valence-electron chi connectivity index (χ4n) is 2.73. The fraction of sp³-hybridized carbons (Fsp3) is 0.800. The maximum Gasteiger partial charge on any atom is 0.191 e. The number of aryl methyl sites for hydroxylation is 1. The minimum atomic E-state index is -0.406. The van der Waals surface area contributed by atoms with E-state index in [1.54, 1.807) is 11.8 Å². The summed E-state index contributed by atoms with van der Waals surface area (Å²) in [5.74, 6) is 2.13. The third-order valence-electron chi connectivity index (χ3n) is 3.94. The second-order valence-electron chi connectivity index (χ2n) is 5.79. The van der Waals surface area contributed by atoms with E-state index in [1.165, 1.54) is 19.3 Å². The minimum Gasteiger partial charge on any atom is -0.306 e. The summed E-state index contributed by atoms with van der Waals surface area (Å²) < 4.78 is 2.28. The van der Waals surface area contributed by atoms with Gasteiger partial charge in [0.25, 0.3) is 0 Å². The van der Waals surface area contributed by atoms with Crippen molar-refractivity contribution in [1.29, 1.82) is 5.26 Å². The van der Waals surface area contributed by atoms with E-state index in [4.69, 9.17) is 0 Å². The molecule has 1 atom stereocenters. The van der Waals surface area contributed by atoms with Crippen LogP contribution in [-0.2, 0) is 13.0 Å². The van der Waals surface area contributed by atoms with Crippen molar-refractivity contribution >= 4 is 11.8 Å². The molecule has 0 saturated carbocycles. The van der Waals surface area contributed by atoms with Gasteiger partial charge >= 0.3 is 0 Å². The molecule has 0 spiro atoms. The van der Waals surface area contributed by atoms with Gasteiger partial charge in [-0.3, -0.25) is 5.32 Å². The molecule has 1 aliphatic heterocycles. The molecule has 1 aromatic heterocycles. The third-order valence-corrected chi connectivity index (χ3v) is 4.99. The Hall–Kier alpha value is -1.06. The highest BCUT2D eigenvalue weighted by atomic mass is 32.2. The molecule has 2 rings (SSSR count). The average Bonchev–Trinajstić information content (AvgIpc) is 2.71. The van der Waals surface area contributed by atoms with Crippen LogP contribution >= 0.6 is 11.8 Å². The zero-order valence-corrected chi connectivity index (χ0v) is 13.9. The molecule has 2 heterocycles. The molecule has 1 unspecified atom stereocenters. The number of aromatic nitrogens is 3. The molecule has 1 aliphatic rings. The van der Waals surface area contributed by atoms with Crippen LogP contribution in [0.2, 0.25) is 0 Å². The van der Waals surface area contributed by atoms with E-state index in [0.29, 0.717) is 0 Å². The highest BCUT2D eigenvalue weighted by Crippen LogP contribution is 2.23. The lowest BCUT2D eigenvalue weighted by Crippen LogP contribution is -2.40. The van der Waals surface area contributed by atoms with Crippen molar-refractivity contribution in [3.8, 4) is 6.07 Å². The Kier molecular flexibility index (Phi) is 6.07. The second-order valence-corrected chi connectivity index (χ2v) is 6.85. The summed E-state index contributed by atoms with van der Waals surface area (Å²) in [5, 5.41) is 22.2. The van der Waals surface area contributed by atoms with Gasteiger partial charge in [-0.25, -0.2) is 0 Å². The molecule has 116 valence electrons. The summed E-state index contributed by atoms with van der Waals surface area (Å²) >= 11 is 1.77. The van der Waals surface area contributed by atoms with Crippen LogP contribution in [0.3, 0.4) is 0 Å². The molecule has 5 nitrogen and oxygen atoms in total. The number of nitrogens with zero attached hydrogens (tertiary/aromatic N) is 4. The van der Waals surface area contributed by atoms with Crippen molar-refractivity contribution in [2.75, 3.05) is 12.3 Å². The summed E-state index contributed by atoms with van der Waals surface area (Å²) in [6.45, 7) is 5.90. The van der Waals surface area contributed by atoms with Gasteiger partial charge in [0.1, 0.15) is 11.4 Å². The minimum absolute atomic E-state index is 0.406. The van der Waals surface area contributed by atoms with E-state index >= 15 is 0 Å². The first kappa shape index (κ1) is 16.3. The third kappa shape index (κ3) is 4.45. The van der Waals surface area contributed by atoms with Gasteiger partial charge in [0, 0.05) is 18.7 Å². The first-order chi connectivity index (χ1) is 10.2. The number of nitriles is 1. The molecule has 0 fully saturated rings. The van der Waals surface area contributed by atoms with Crippen molar-refractivity contribution in [2.45, 2.75) is 69.6 Å². The Morgan fingerprint density at radius 1 is 1.38 bits per heavy atom. The quantitative estimate of drug-likeness (QED) is 0.620. The highest BCUT2D eigenvalue weighted by Gasteiger charge is 2.21. The predicted octanol–water partition coefficient (Wildman–Crippen LogP) is 2.77. The van der Waals surface area contributed by atoms with E-state index in [2.05, 4.69) is 26.2 Å². The van der Waals surface area contributed by atoms with Gasteiger partial charge < -0.3 is 4.57 Å². The van der Waals surface area contributed by atoms with Crippen molar-refractivity contribution in [1.82, 2.24) is 20.1 Å². The molecular weight excluding hydrogens is 282 g/mol. The Labute approximate surface area is 131 Å². The lowest BCUT2D eigenvalue weighted by atomic mass is 9.98. The van der Waals surface area contributed by atoms with E-state index in [9.17, 15) is 5.26 Å². The second kappa shape index (κ2) is 7.81. The van der Waals surface area contributed by atoms with E-state index in [0.717, 1.165) is 49.1 Å². The normalized spacial score (nSPS) is 17.6. The van der Waals surface area contributed by atoms with Crippen LogP contribution in [0.1, 0.15) is 51.8 Å². The number of hydrogen-bond donors (Lipinski definition) is 1. The molecule has 0 saturated heterocycles. The number of nitrogens with one attached hydrogen (secondary N) is 1. The van der Waals surface area contributed by atoms with Crippen LogP contribution in [0, 0.1) is 11.3 Å². The van der Waals surface area contributed by atoms with E-state index < -0.39 is 5.54 Å². The van der Waals surface area contributed by atoms with E-state index in [-0.39, 0.29) is 0 Å². The van der Waals surface area contributed by atoms with Gasteiger partial charge in [0.2, 0.25) is 0 Å². The van der Waals surface area contributed by atoms with Gasteiger partial charge in [0.05, 0.1) is 6.07 Å². The zero-order valence-electron chi connectivity index (χ0n) is 13.1. The van der Waals surface area contributed by atoms with Crippen molar-refractivity contribution < 1.29 is 0 Å². The van der Waals surface area contributed by atoms with Gasteiger partial charge in [-0.1, -0.05) is 25.1 Å². The number of hydrogen-bond acceptors (Lipinski definition) is 5. The van der Waals surface area contributed by atoms with Crippen LogP contribution in [0.25, 0.3) is 0 Å². The molecular formula is C15H25N5S. The van der Waals surface area contributed by atoms with Crippen LogP contribution < -0.4 is 5.32 Å². The summed E-state index contributed by atoms with van der Waals surface area (Å²) in [4.78, 5) is 0. The SMILES string of the molecule is CCNC(C)(C#N)CCCSc1nnc2n1CCCCC2. The van der Waals surface area contributed by atoms with Crippen molar-refractivity contribution in [3.63, 3.8) is 0 Å². The lowest BCUT2D eigenvalue weighted by molar-refractivity contribution is 0.426. The Bertz CT molecular complexity index is 493. The number of thioether (sulfide) groups is 1. The summed E-state index contributed by atoms with van der Waals surface area (Å²) in [5.41, 5.74) is -0.406. The maximum absolute atomic E-state index is 9.24. The number of fused-ring (bicyclic) bond motifs is 1. The van der Waals surface area contributed by atoms with Crippen molar-refractivity contribution in [2.24, 2.45) is 0 Å². The van der Waals surface area contributed by atoms with Gasteiger partial charge in [0.15, 0.2) is 5.16 Å². The first-order valence-corrected chi connectivity index (χ1v) is 8.88. The first-order valence-electron chi connectivity index (χ1n) is 7.89. The van der Waals surface area contributed by atoms with Crippen molar-refractivity contribution in [3.05, 3.63) is 5.82 Å². The summed E-state index contributed by atoms with van der Waals surface area (Å²) in [6.07, 6.45) is 6.67. The molecule has 0 aromatic carbocycles. The van der Waals surface area contributed by atoms with E-state index in [1.807, 2.05) is 13.8 Å². The average molecular weight is 307 g/mol. The summed E-state index contributed by atoms with van der Waals surface area (Å²) in [6, 6.07) is 2.38. The summed E-state index contributed by atoms with van der Waals surface area (Å²) in [7, 11) is 0. The van der Waals surface area contributed by atoms with Crippen LogP contribution in [0.15, 0.2) is 5.16 Å². The molecule has 21 heavy (non-hydrogen) atoms. The smallest absolute Gasteiger partial charge is 0.191 e. The van der Waals surface area contributed by atoms with Crippen LogP contribution in [-0.4, -0.2) is 32.6 Å². The molecule has 6 heteroatoms. The molecule has 1 N–H and O–H groups in total. The van der Waals surface area contributed by atoms with Gasteiger partial charge in [-0.05, 0) is 39.2 Å². The lowest BCUT2D eigenvalue weighted by Gasteiger charge is -2.22. The molecule has 0 aliphatic carbocycles. The highest BCUT2D eigenvalue weighted by molar-refractivity contribution is 7.99.